The maximum Gasteiger partial charge on any atom is 0.330 e. The van der Waals surface area contributed by atoms with Gasteiger partial charge in [0.25, 0.3) is 0 Å². The van der Waals surface area contributed by atoms with E-state index in [-0.39, 0.29) is 17.7 Å². The van der Waals surface area contributed by atoms with Crippen LogP contribution in [-0.2, 0) is 9.53 Å². The summed E-state index contributed by atoms with van der Waals surface area (Å²) in [7, 11) is 0. The molecule has 218 valence electrons. The third kappa shape index (κ3) is 10.9. The molecule has 0 atom stereocenters. The first-order chi connectivity index (χ1) is 19.5. The van der Waals surface area contributed by atoms with Crippen LogP contribution in [0.2, 0.25) is 0 Å². The molecule has 2 aliphatic rings. The normalized spacial score (nSPS) is 18.6. The summed E-state index contributed by atoms with van der Waals surface area (Å²) in [4.78, 5) is 23.0. The number of esters is 1. The van der Waals surface area contributed by atoms with Crippen molar-refractivity contribution in [1.29, 1.82) is 0 Å². The first-order valence-electron chi connectivity index (χ1n) is 15.6. The zero-order chi connectivity index (χ0) is 28.6. The van der Waals surface area contributed by atoms with Crippen molar-refractivity contribution < 1.29 is 19.1 Å². The van der Waals surface area contributed by atoms with Gasteiger partial charge >= 0.3 is 5.97 Å². The van der Waals surface area contributed by atoms with Crippen LogP contribution in [0.3, 0.4) is 0 Å². The van der Waals surface area contributed by atoms with Gasteiger partial charge in [0.05, 0.1) is 13.2 Å². The number of benzene rings is 2. The summed E-state index contributed by atoms with van der Waals surface area (Å²) >= 11 is 0. The molecule has 2 aromatic carbocycles. The van der Waals surface area contributed by atoms with Crippen molar-refractivity contribution in [3.05, 3.63) is 77.9 Å². The lowest BCUT2D eigenvalue weighted by atomic mass is 9.77. The van der Waals surface area contributed by atoms with Gasteiger partial charge < -0.3 is 9.47 Å². The number of Topliss-reactive ketones (excluding diaryl/α,β-unsaturated/α-hetero) is 1. The van der Waals surface area contributed by atoms with Crippen LogP contribution in [0.1, 0.15) is 118 Å². The molecule has 4 heteroatoms. The Labute approximate surface area is 242 Å². The summed E-state index contributed by atoms with van der Waals surface area (Å²) in [5.41, 5.74) is 3.74. The Bertz CT molecular complexity index is 1010. The second-order valence-corrected chi connectivity index (χ2v) is 11.6. The number of aryl methyl sites for hydroxylation is 1. The van der Waals surface area contributed by atoms with E-state index in [1.54, 1.807) is 5.56 Å². The first kappa shape index (κ1) is 31.6. The van der Waals surface area contributed by atoms with Gasteiger partial charge in [-0.1, -0.05) is 62.6 Å². The molecule has 2 aromatic rings. The van der Waals surface area contributed by atoms with Crippen LogP contribution in [-0.4, -0.2) is 25.0 Å². The van der Waals surface area contributed by atoms with E-state index in [0.29, 0.717) is 13.2 Å². The predicted octanol–water partition coefficient (Wildman–Crippen LogP) is 9.41. The lowest BCUT2D eigenvalue weighted by molar-refractivity contribution is -0.137. The van der Waals surface area contributed by atoms with E-state index in [4.69, 9.17) is 9.47 Å². The van der Waals surface area contributed by atoms with Gasteiger partial charge in [0.2, 0.25) is 0 Å². The van der Waals surface area contributed by atoms with Gasteiger partial charge in [0.1, 0.15) is 5.75 Å². The lowest BCUT2D eigenvalue weighted by Crippen LogP contribution is -2.21. The first-order valence-corrected chi connectivity index (χ1v) is 15.6. The summed E-state index contributed by atoms with van der Waals surface area (Å²) < 4.78 is 10.6. The number of hydrogen-bond donors (Lipinski definition) is 0. The van der Waals surface area contributed by atoms with E-state index in [2.05, 4.69) is 44.7 Å². The fourth-order valence-corrected chi connectivity index (χ4v) is 5.63. The molecule has 0 amide bonds. The molecular weight excluding hydrogens is 496 g/mol. The Morgan fingerprint density at radius 1 is 0.850 bits per heavy atom. The molecule has 2 fully saturated rings. The molecule has 0 aromatic heterocycles. The van der Waals surface area contributed by atoms with Gasteiger partial charge in [-0.15, -0.1) is 0 Å². The minimum atomic E-state index is -0.363. The molecule has 4 rings (SSSR count). The number of hydrogen-bond acceptors (Lipinski definition) is 4. The molecule has 0 radical (unpaired) electrons. The van der Waals surface area contributed by atoms with Crippen LogP contribution in [0.4, 0.5) is 0 Å². The zero-order valence-electron chi connectivity index (χ0n) is 24.9. The summed E-state index contributed by atoms with van der Waals surface area (Å²) in [5.74, 6) is 2.81. The smallest absolute Gasteiger partial charge is 0.330 e. The highest BCUT2D eigenvalue weighted by Crippen LogP contribution is 2.37. The average Bonchev–Trinajstić information content (AvgIpc) is 2.95. The van der Waals surface area contributed by atoms with E-state index < -0.39 is 0 Å². The molecule has 0 unspecified atom stereocenters. The van der Waals surface area contributed by atoms with Crippen LogP contribution in [0.5, 0.6) is 5.75 Å². The molecule has 2 aliphatic carbocycles. The molecule has 0 N–H and O–H groups in total. The minimum Gasteiger partial charge on any atom is -0.494 e. The molecule has 4 nitrogen and oxygen atoms in total. The molecule has 0 bridgehead atoms. The summed E-state index contributed by atoms with van der Waals surface area (Å²) in [6.45, 7) is 8.93. The fraction of sp³-hybridized carbons (Fsp3) is 0.556. The van der Waals surface area contributed by atoms with Crippen molar-refractivity contribution in [2.45, 2.75) is 103 Å². The standard InChI is InChI=1S/C20H26O4.C16H24/c1-2-19(21)24-15-6-4-3-5-14-23-18-12-10-17(11-13-18)20(22)16-8-7-9-16;1-3-4-14-7-11-16(12-8-14)15-9-5-13(2)6-10-15/h2,10-13,16H,1,3-9,14-15H2;5-6,9-10,14,16H,3-4,7-8,11-12H2,1-2H3. The number of unbranched alkanes of at least 4 members (excludes halogenated alkanes) is 3. The second kappa shape index (κ2) is 17.7. The summed E-state index contributed by atoms with van der Waals surface area (Å²) in [6, 6.07) is 16.7. The summed E-state index contributed by atoms with van der Waals surface area (Å²) in [5, 5.41) is 0. The van der Waals surface area contributed by atoms with Crippen molar-refractivity contribution in [2.24, 2.45) is 11.8 Å². The Kier molecular flexibility index (Phi) is 14.0. The minimum absolute atomic E-state index is 0.238. The molecule has 2 saturated carbocycles. The van der Waals surface area contributed by atoms with Crippen LogP contribution in [0, 0.1) is 18.8 Å². The number of ketones is 1. The highest BCUT2D eigenvalue weighted by Gasteiger charge is 2.26. The zero-order valence-corrected chi connectivity index (χ0v) is 24.9. The van der Waals surface area contributed by atoms with Crippen molar-refractivity contribution in [2.75, 3.05) is 13.2 Å². The number of carbonyl (C=O) groups excluding carboxylic acids is 2. The van der Waals surface area contributed by atoms with E-state index in [1.165, 1.54) is 56.6 Å². The van der Waals surface area contributed by atoms with E-state index in [1.807, 2.05) is 24.3 Å². The van der Waals surface area contributed by atoms with Gasteiger partial charge in [-0.25, -0.2) is 4.79 Å². The van der Waals surface area contributed by atoms with Crippen LogP contribution < -0.4 is 4.74 Å². The lowest BCUT2D eigenvalue weighted by Gasteiger charge is -2.28. The second-order valence-electron chi connectivity index (χ2n) is 11.6. The van der Waals surface area contributed by atoms with E-state index in [9.17, 15) is 9.59 Å². The monoisotopic (exact) mass is 546 g/mol. The van der Waals surface area contributed by atoms with Gasteiger partial charge in [-0.05, 0) is 113 Å². The summed E-state index contributed by atoms with van der Waals surface area (Å²) in [6.07, 6.45) is 16.8. The largest absolute Gasteiger partial charge is 0.494 e. The molecule has 0 spiro atoms. The molecule has 0 aliphatic heterocycles. The third-order valence-electron chi connectivity index (χ3n) is 8.43. The van der Waals surface area contributed by atoms with Crippen molar-refractivity contribution in [1.82, 2.24) is 0 Å². The van der Waals surface area contributed by atoms with E-state index >= 15 is 0 Å². The van der Waals surface area contributed by atoms with E-state index in [0.717, 1.165) is 61.7 Å². The third-order valence-corrected chi connectivity index (χ3v) is 8.43. The SMILES string of the molecule is C=CC(=O)OCCCCCCOc1ccc(C(=O)C2CCC2)cc1.CCCC1CCC(c2ccc(C)cc2)CC1. The van der Waals surface area contributed by atoms with Crippen molar-refractivity contribution >= 4 is 11.8 Å². The topological polar surface area (TPSA) is 52.6 Å². The predicted molar refractivity (Wildman–Crippen MR) is 164 cm³/mol. The van der Waals surface area contributed by atoms with Crippen LogP contribution in [0.15, 0.2) is 61.2 Å². The van der Waals surface area contributed by atoms with Gasteiger partial charge in [-0.3, -0.25) is 4.79 Å². The Balaban J connectivity index is 0.000000238. The van der Waals surface area contributed by atoms with Gasteiger partial charge in [0.15, 0.2) is 5.78 Å². The van der Waals surface area contributed by atoms with Crippen molar-refractivity contribution in [3.8, 4) is 5.75 Å². The maximum absolute atomic E-state index is 12.1. The highest BCUT2D eigenvalue weighted by molar-refractivity contribution is 5.98. The van der Waals surface area contributed by atoms with Crippen LogP contribution >= 0.6 is 0 Å². The number of rotatable bonds is 14. The molecule has 0 heterocycles. The molecular formula is C36H50O4. The number of carbonyl (C=O) groups is 2. The Morgan fingerprint density at radius 3 is 2.08 bits per heavy atom. The van der Waals surface area contributed by atoms with Gasteiger partial charge in [-0.2, -0.15) is 0 Å². The number of ether oxygens (including phenoxy) is 2. The van der Waals surface area contributed by atoms with Crippen LogP contribution in [0.25, 0.3) is 0 Å². The van der Waals surface area contributed by atoms with Crippen molar-refractivity contribution in [3.63, 3.8) is 0 Å². The Morgan fingerprint density at radius 2 is 1.50 bits per heavy atom. The average molecular weight is 547 g/mol. The quantitative estimate of drug-likeness (QED) is 0.102. The maximum atomic E-state index is 12.1. The van der Waals surface area contributed by atoms with Gasteiger partial charge in [0, 0.05) is 17.6 Å². The molecule has 0 saturated heterocycles. The Hall–Kier alpha value is -2.88. The fourth-order valence-electron chi connectivity index (χ4n) is 5.63. The highest BCUT2D eigenvalue weighted by atomic mass is 16.5. The molecule has 40 heavy (non-hydrogen) atoms.